The van der Waals surface area contributed by atoms with Crippen molar-refractivity contribution in [3.8, 4) is 17.0 Å². The second-order valence-corrected chi connectivity index (χ2v) is 9.34. The molecule has 2 heterocycles. The third kappa shape index (κ3) is 5.09. The average molecular weight is 451 g/mol. The molecule has 1 aromatic heterocycles. The van der Waals surface area contributed by atoms with Gasteiger partial charge in [-0.25, -0.2) is 9.97 Å². The minimum absolute atomic E-state index is 0.0944. The van der Waals surface area contributed by atoms with Crippen LogP contribution in [0.15, 0.2) is 61.1 Å². The number of nitrogens with zero attached hydrogens (tertiary/aromatic N) is 3. The van der Waals surface area contributed by atoms with E-state index in [4.69, 9.17) is 16.3 Å². The zero-order valence-corrected chi connectivity index (χ0v) is 19.3. The highest BCUT2D eigenvalue weighted by Crippen LogP contribution is 2.33. The van der Waals surface area contributed by atoms with E-state index in [2.05, 4.69) is 32.3 Å². The molecule has 0 aliphatic carbocycles. The molecule has 1 unspecified atom stereocenters. The second kappa shape index (κ2) is 9.27. The van der Waals surface area contributed by atoms with E-state index in [1.807, 2.05) is 57.2 Å². The molecule has 0 spiro atoms. The van der Waals surface area contributed by atoms with E-state index in [9.17, 15) is 4.79 Å². The highest BCUT2D eigenvalue weighted by Gasteiger charge is 2.35. The first-order valence-corrected chi connectivity index (χ1v) is 11.0. The summed E-state index contributed by atoms with van der Waals surface area (Å²) < 4.78 is 5.87. The predicted octanol–water partition coefficient (Wildman–Crippen LogP) is 4.65. The van der Waals surface area contributed by atoms with Crippen LogP contribution in [0.5, 0.6) is 5.88 Å². The number of halogens is 1. The van der Waals surface area contributed by atoms with Crippen molar-refractivity contribution >= 4 is 17.5 Å². The lowest BCUT2D eigenvalue weighted by molar-refractivity contribution is -0.128. The summed E-state index contributed by atoms with van der Waals surface area (Å²) in [5.41, 5.74) is 3.61. The Morgan fingerprint density at radius 2 is 1.94 bits per heavy atom. The van der Waals surface area contributed by atoms with Gasteiger partial charge in [0, 0.05) is 29.8 Å². The highest BCUT2D eigenvalue weighted by molar-refractivity contribution is 6.30. The maximum absolute atomic E-state index is 13.4. The Bertz CT molecular complexity index is 1100. The van der Waals surface area contributed by atoms with Gasteiger partial charge in [-0.15, -0.1) is 0 Å². The molecule has 0 saturated heterocycles. The zero-order valence-electron chi connectivity index (χ0n) is 18.5. The van der Waals surface area contributed by atoms with Crippen LogP contribution in [0, 0.1) is 0 Å². The van der Waals surface area contributed by atoms with E-state index in [0.29, 0.717) is 36.2 Å². The van der Waals surface area contributed by atoms with Crippen molar-refractivity contribution in [1.82, 2.24) is 20.2 Å². The van der Waals surface area contributed by atoms with E-state index >= 15 is 0 Å². The van der Waals surface area contributed by atoms with Gasteiger partial charge in [-0.1, -0.05) is 48.0 Å². The molecule has 166 valence electrons. The van der Waals surface area contributed by atoms with Gasteiger partial charge in [0.1, 0.15) is 19.0 Å². The fourth-order valence-corrected chi connectivity index (χ4v) is 4.05. The van der Waals surface area contributed by atoms with E-state index in [1.165, 1.54) is 6.33 Å². The van der Waals surface area contributed by atoms with Crippen molar-refractivity contribution in [3.05, 3.63) is 77.2 Å². The number of rotatable bonds is 4. The molecule has 3 aromatic rings. The monoisotopic (exact) mass is 450 g/mol. The summed E-state index contributed by atoms with van der Waals surface area (Å²) in [7, 11) is 0. The number of benzene rings is 2. The van der Waals surface area contributed by atoms with Crippen molar-refractivity contribution < 1.29 is 9.53 Å². The maximum atomic E-state index is 13.4. The number of carbonyl (C=O) groups excluding carboxylic acids is 1. The van der Waals surface area contributed by atoms with Crippen LogP contribution in [-0.2, 0) is 11.3 Å². The molecule has 7 heteroatoms. The molecule has 1 amide bonds. The lowest BCUT2D eigenvalue weighted by Crippen LogP contribution is -2.47. The number of hydrogen-bond acceptors (Lipinski definition) is 5. The van der Waals surface area contributed by atoms with Gasteiger partial charge in [0.25, 0.3) is 0 Å². The molecule has 0 fully saturated rings. The average Bonchev–Trinajstić information content (AvgIpc) is 2.93. The summed E-state index contributed by atoms with van der Waals surface area (Å²) >= 11 is 6.09. The second-order valence-electron chi connectivity index (χ2n) is 8.91. The number of aromatic nitrogens is 2. The van der Waals surface area contributed by atoms with Gasteiger partial charge in [0.15, 0.2) is 0 Å². The molecule has 2 aromatic carbocycles. The molecular weight excluding hydrogens is 424 g/mol. The number of hydrogen-bond donors (Lipinski definition) is 1. The third-order valence-corrected chi connectivity index (χ3v) is 5.52. The molecule has 1 atom stereocenters. The summed E-state index contributed by atoms with van der Waals surface area (Å²) in [6.07, 6.45) is 3.13. The largest absolute Gasteiger partial charge is 0.476 e. The van der Waals surface area contributed by atoms with Crippen LogP contribution in [0.4, 0.5) is 0 Å². The number of amides is 1. The third-order valence-electron chi connectivity index (χ3n) is 5.27. The normalized spacial score (nSPS) is 16.6. The smallest absolute Gasteiger partial charge is 0.242 e. The van der Waals surface area contributed by atoms with Gasteiger partial charge in [-0.2, -0.15) is 0 Å². The molecule has 1 aliphatic heterocycles. The molecule has 0 saturated carbocycles. The zero-order chi connectivity index (χ0) is 22.7. The minimum atomic E-state index is -0.564. The van der Waals surface area contributed by atoms with Gasteiger partial charge in [0.2, 0.25) is 11.8 Å². The standard InChI is InChI=1S/C25H27ClN4O2/c1-25(2,3)29-23(31)22-21-14-27-16-28-24(21)32-13-12-30(22)15-18-6-4-5-7-20(18)17-8-10-19(26)11-9-17/h4-11,14,16,22H,12-13,15H2,1-3H3,(H,29,31). The fourth-order valence-electron chi connectivity index (χ4n) is 3.93. The van der Waals surface area contributed by atoms with Crippen molar-refractivity contribution in [2.24, 2.45) is 0 Å². The topological polar surface area (TPSA) is 67.3 Å². The maximum Gasteiger partial charge on any atom is 0.242 e. The van der Waals surface area contributed by atoms with Crippen molar-refractivity contribution in [2.75, 3.05) is 13.2 Å². The Morgan fingerprint density at radius 1 is 1.19 bits per heavy atom. The lowest BCUT2D eigenvalue weighted by atomic mass is 9.98. The minimum Gasteiger partial charge on any atom is -0.476 e. The Balaban J connectivity index is 1.72. The molecule has 6 nitrogen and oxygen atoms in total. The van der Waals surface area contributed by atoms with E-state index in [-0.39, 0.29) is 11.4 Å². The van der Waals surface area contributed by atoms with Gasteiger partial charge in [-0.3, -0.25) is 9.69 Å². The van der Waals surface area contributed by atoms with Crippen LogP contribution >= 0.6 is 11.6 Å². The summed E-state index contributed by atoms with van der Waals surface area (Å²) in [5, 5.41) is 3.82. The van der Waals surface area contributed by atoms with Crippen LogP contribution in [0.1, 0.15) is 37.9 Å². The Hall–Kier alpha value is -2.96. The summed E-state index contributed by atoms with van der Waals surface area (Å²) in [5.74, 6) is 0.366. The molecule has 1 aliphatic rings. The molecule has 0 bridgehead atoms. The molecule has 4 rings (SSSR count). The van der Waals surface area contributed by atoms with Crippen molar-refractivity contribution in [2.45, 2.75) is 38.9 Å². The van der Waals surface area contributed by atoms with Gasteiger partial charge < -0.3 is 10.1 Å². The van der Waals surface area contributed by atoms with Gasteiger partial charge in [0.05, 0.1) is 5.56 Å². The number of fused-ring (bicyclic) bond motifs is 1. The fraction of sp³-hybridized carbons (Fsp3) is 0.320. The molecule has 1 N–H and O–H groups in total. The Labute approximate surface area is 193 Å². The van der Waals surface area contributed by atoms with Crippen LogP contribution in [-0.4, -0.2) is 39.5 Å². The number of nitrogens with one attached hydrogen (secondary N) is 1. The molecule has 32 heavy (non-hydrogen) atoms. The van der Waals surface area contributed by atoms with Crippen molar-refractivity contribution in [1.29, 1.82) is 0 Å². The van der Waals surface area contributed by atoms with Gasteiger partial charge in [-0.05, 0) is 49.6 Å². The lowest BCUT2D eigenvalue weighted by Gasteiger charge is -2.32. The molecule has 0 radical (unpaired) electrons. The SMILES string of the molecule is CC(C)(C)NC(=O)C1c2cncnc2OCCN1Cc1ccccc1-c1ccc(Cl)cc1. The van der Waals surface area contributed by atoms with E-state index in [1.54, 1.807) is 6.20 Å². The van der Waals surface area contributed by atoms with Gasteiger partial charge >= 0.3 is 0 Å². The Morgan fingerprint density at radius 3 is 2.69 bits per heavy atom. The summed E-state index contributed by atoms with van der Waals surface area (Å²) in [4.78, 5) is 24.0. The van der Waals surface area contributed by atoms with Crippen LogP contribution < -0.4 is 10.1 Å². The van der Waals surface area contributed by atoms with Crippen LogP contribution in [0.3, 0.4) is 0 Å². The number of ether oxygens (including phenoxy) is 1. The highest BCUT2D eigenvalue weighted by atomic mass is 35.5. The van der Waals surface area contributed by atoms with Crippen molar-refractivity contribution in [3.63, 3.8) is 0 Å². The van der Waals surface area contributed by atoms with Crippen LogP contribution in [0.2, 0.25) is 5.02 Å². The summed E-state index contributed by atoms with van der Waals surface area (Å²) in [6.45, 7) is 7.50. The summed E-state index contributed by atoms with van der Waals surface area (Å²) in [6, 6.07) is 15.5. The number of carbonyl (C=O) groups is 1. The first kappa shape index (κ1) is 22.2. The Kier molecular flexibility index (Phi) is 6.44. The molecular formula is C25H27ClN4O2. The van der Waals surface area contributed by atoms with E-state index < -0.39 is 6.04 Å². The first-order chi connectivity index (χ1) is 15.3. The van der Waals surface area contributed by atoms with E-state index in [0.717, 1.165) is 16.7 Å². The quantitative estimate of drug-likeness (QED) is 0.626. The van der Waals surface area contributed by atoms with Crippen LogP contribution in [0.25, 0.3) is 11.1 Å². The predicted molar refractivity (Wildman–Crippen MR) is 125 cm³/mol. The first-order valence-electron chi connectivity index (χ1n) is 10.6.